The molecule has 51 heavy (non-hydrogen) atoms. The van der Waals surface area contributed by atoms with Crippen LogP contribution in [0.1, 0.15) is 37.0 Å². The summed E-state index contributed by atoms with van der Waals surface area (Å²) in [7, 11) is 0. The van der Waals surface area contributed by atoms with Crippen molar-refractivity contribution >= 4 is 65.4 Å². The minimum Gasteiger partial charge on any atom is -0.309 e. The largest absolute Gasteiger partial charge is 0.309 e. The predicted octanol–water partition coefficient (Wildman–Crippen LogP) is 12.6. The van der Waals surface area contributed by atoms with Gasteiger partial charge in [-0.2, -0.15) is 0 Å². The summed E-state index contributed by atoms with van der Waals surface area (Å²) in [5.41, 5.74) is -5.66. The number of hydrogen-bond donors (Lipinski definition) is 0. The van der Waals surface area contributed by atoms with E-state index in [1.54, 1.807) is 0 Å². The Morgan fingerprint density at radius 2 is 0.863 bits per heavy atom. The summed E-state index contributed by atoms with van der Waals surface area (Å²) in [4.78, 5) is 0. The molecule has 0 bridgehead atoms. The molecule has 238 valence electrons. The standard InChI is InChI=1S/C48H31N3/c1-2-15-32(16-3-1)34-17-4-9-22-40(34)50-44-26-13-8-21-39(44)48-45(50)27-14-28-46(48)51-43-25-12-7-20-37(43)38-30-29-33(31-47(38)51)49-41-23-10-5-18-35(41)36-19-6-11-24-42(36)49/h1-31H/i1D,2D,3D,5D,6D,7D,8D,10D,11D,12D,13D,14D,15D,16D,18D,19D,20D,21D,23D,24D,25D,26D,27D,28D,29D,30D,31D. The predicted molar refractivity (Wildman–Crippen MR) is 215 cm³/mol. The average Bonchev–Trinajstić information content (AvgIpc) is 4.20. The highest BCUT2D eigenvalue weighted by Gasteiger charge is 2.21. The van der Waals surface area contributed by atoms with E-state index in [0.29, 0.717) is 0 Å². The SMILES string of the molecule is [2H]c1c([2H])c([2H])c(-c2ccccc2-n2c3c([2H])c([2H])c([2H])c([2H])c3c3c(-n4c5c([2H])c([2H])c([2H])c([2H])c5c5c([2H])c([2H])c(-n6c7c([2H])c([2H])c([2H])c([2H])c7c7c([2H])c([2H])c([2H])c([2H])c76)c([2H])c54)c([2H])c([2H])c([2H])c32)c([2H])c1[2H]. The summed E-state index contributed by atoms with van der Waals surface area (Å²) in [6, 6.07) is -17.2. The number of rotatable bonds is 4. The van der Waals surface area contributed by atoms with Crippen molar-refractivity contribution in [3.63, 3.8) is 0 Å². The minimum absolute atomic E-state index is 0.142. The van der Waals surface area contributed by atoms with E-state index in [-0.39, 0.29) is 16.8 Å². The molecule has 8 aromatic carbocycles. The maximum atomic E-state index is 10.2. The molecule has 0 saturated carbocycles. The van der Waals surface area contributed by atoms with Crippen LogP contribution in [0.4, 0.5) is 0 Å². The third-order valence-corrected chi connectivity index (χ3v) is 8.74. The van der Waals surface area contributed by atoms with Gasteiger partial charge in [0.15, 0.2) is 0 Å². The quantitative estimate of drug-likeness (QED) is 0.176. The lowest BCUT2D eigenvalue weighted by atomic mass is 10.0. The van der Waals surface area contributed by atoms with Crippen LogP contribution < -0.4 is 0 Å². The van der Waals surface area contributed by atoms with Crippen LogP contribution in [0.25, 0.3) is 93.6 Å². The number of fused-ring (bicyclic) bond motifs is 9. The summed E-state index contributed by atoms with van der Waals surface area (Å²) in [6.07, 6.45) is 0. The number of hydrogen-bond acceptors (Lipinski definition) is 0. The van der Waals surface area contributed by atoms with Crippen molar-refractivity contribution in [1.82, 2.24) is 13.7 Å². The van der Waals surface area contributed by atoms with E-state index in [1.807, 2.05) is 0 Å². The van der Waals surface area contributed by atoms with Crippen LogP contribution in [-0.4, -0.2) is 13.7 Å². The second kappa shape index (κ2) is 10.8. The molecule has 0 aliphatic carbocycles. The summed E-state index contributed by atoms with van der Waals surface area (Å²) in [6.45, 7) is 0. The molecule has 0 amide bonds. The molecule has 0 atom stereocenters. The molecular weight excluding hydrogens is 619 g/mol. The number of benzene rings is 8. The molecule has 0 aliphatic heterocycles. The summed E-state index contributed by atoms with van der Waals surface area (Å²) in [5, 5.41) is -3.08. The maximum absolute atomic E-state index is 10.2. The molecule has 0 unspecified atom stereocenters. The van der Waals surface area contributed by atoms with Crippen LogP contribution in [0, 0.1) is 0 Å². The lowest BCUT2D eigenvalue weighted by Gasteiger charge is -2.15. The Labute approximate surface area is 332 Å². The van der Waals surface area contributed by atoms with Crippen LogP contribution in [0.5, 0.6) is 0 Å². The zero-order valence-corrected chi connectivity index (χ0v) is 25.7. The molecule has 0 N–H and O–H groups in total. The van der Waals surface area contributed by atoms with Crippen molar-refractivity contribution in [2.45, 2.75) is 0 Å². The first-order valence-electron chi connectivity index (χ1n) is 28.8. The monoisotopic (exact) mass is 676 g/mol. The first kappa shape index (κ1) is 12.5. The molecule has 11 aromatic rings. The van der Waals surface area contributed by atoms with E-state index in [2.05, 4.69) is 0 Å². The fraction of sp³-hybridized carbons (Fsp3) is 0. The van der Waals surface area contributed by atoms with Gasteiger partial charge in [0.25, 0.3) is 0 Å². The Bertz CT molecular complexity index is 4600. The average molecular weight is 677 g/mol. The van der Waals surface area contributed by atoms with Gasteiger partial charge in [0.1, 0.15) is 0 Å². The first-order valence-corrected chi connectivity index (χ1v) is 15.3. The Morgan fingerprint density at radius 1 is 0.353 bits per heavy atom. The van der Waals surface area contributed by atoms with Gasteiger partial charge in [-0.1, -0.05) is 133 Å². The van der Waals surface area contributed by atoms with E-state index in [9.17, 15) is 13.7 Å². The molecule has 11 rings (SSSR count). The van der Waals surface area contributed by atoms with Crippen LogP contribution in [0.2, 0.25) is 0 Å². The fourth-order valence-corrected chi connectivity index (χ4v) is 6.71. The number of nitrogens with zero attached hydrogens (tertiary/aromatic N) is 3. The van der Waals surface area contributed by atoms with E-state index < -0.39 is 240 Å². The van der Waals surface area contributed by atoms with Crippen molar-refractivity contribution in [1.29, 1.82) is 0 Å². The molecule has 3 nitrogen and oxygen atoms in total. The van der Waals surface area contributed by atoms with Crippen LogP contribution in [0.3, 0.4) is 0 Å². The van der Waals surface area contributed by atoms with E-state index in [1.165, 1.54) is 24.3 Å². The molecule has 3 aromatic heterocycles. The first-order chi connectivity index (χ1) is 36.6. The molecule has 0 fully saturated rings. The van der Waals surface area contributed by atoms with Gasteiger partial charge in [0.05, 0.1) is 81.5 Å². The Morgan fingerprint density at radius 3 is 1.55 bits per heavy atom. The van der Waals surface area contributed by atoms with Crippen LogP contribution >= 0.6 is 0 Å². The minimum atomic E-state index is -0.969. The Hall–Kier alpha value is -6.84. The van der Waals surface area contributed by atoms with Gasteiger partial charge in [0.2, 0.25) is 0 Å². The topological polar surface area (TPSA) is 14.8 Å². The zero-order valence-electron chi connectivity index (χ0n) is 52.7. The molecule has 0 radical (unpaired) electrons. The summed E-state index contributed by atoms with van der Waals surface area (Å²) >= 11 is 0. The number of aromatic nitrogens is 3. The smallest absolute Gasteiger partial charge is 0.0667 e. The lowest BCUT2D eigenvalue weighted by Crippen LogP contribution is -1.99. The molecule has 0 saturated heterocycles. The van der Waals surface area contributed by atoms with Crippen molar-refractivity contribution in [3.8, 4) is 28.2 Å². The molecule has 0 aliphatic rings. The maximum Gasteiger partial charge on any atom is 0.0667 e. The van der Waals surface area contributed by atoms with Gasteiger partial charge in [-0.05, 0) is 60.0 Å². The normalized spacial score (nSPS) is 19.3. The second-order valence-corrected chi connectivity index (χ2v) is 11.3. The van der Waals surface area contributed by atoms with Crippen molar-refractivity contribution in [2.24, 2.45) is 0 Å². The van der Waals surface area contributed by atoms with Crippen LogP contribution in [0.15, 0.2) is 187 Å². The molecule has 0 spiro atoms. The number of para-hydroxylation sites is 5. The van der Waals surface area contributed by atoms with Gasteiger partial charge in [-0.25, -0.2) is 0 Å². The fourth-order valence-electron chi connectivity index (χ4n) is 6.71. The highest BCUT2D eigenvalue weighted by Crippen LogP contribution is 2.42. The molecule has 3 heterocycles. The molecule has 3 heteroatoms. The van der Waals surface area contributed by atoms with Crippen molar-refractivity contribution in [3.05, 3.63) is 187 Å². The Kier molecular flexibility index (Phi) is 2.65. The van der Waals surface area contributed by atoms with Crippen molar-refractivity contribution in [2.75, 3.05) is 0 Å². The van der Waals surface area contributed by atoms with Gasteiger partial charge < -0.3 is 13.7 Å². The second-order valence-electron chi connectivity index (χ2n) is 11.3. The van der Waals surface area contributed by atoms with E-state index in [0.717, 1.165) is 13.7 Å². The van der Waals surface area contributed by atoms with Crippen molar-refractivity contribution < 1.29 is 37.0 Å². The Balaban J connectivity index is 1.45. The summed E-state index contributed by atoms with van der Waals surface area (Å²) < 4.78 is 248. The van der Waals surface area contributed by atoms with Gasteiger partial charge in [0, 0.05) is 43.6 Å². The van der Waals surface area contributed by atoms with E-state index >= 15 is 0 Å². The van der Waals surface area contributed by atoms with Crippen LogP contribution in [-0.2, 0) is 0 Å². The van der Waals surface area contributed by atoms with E-state index in [4.69, 9.17) is 23.3 Å². The third-order valence-electron chi connectivity index (χ3n) is 8.74. The van der Waals surface area contributed by atoms with Gasteiger partial charge >= 0.3 is 0 Å². The highest BCUT2D eigenvalue weighted by molar-refractivity contribution is 6.17. The summed E-state index contributed by atoms with van der Waals surface area (Å²) in [5.74, 6) is 0. The third kappa shape index (κ3) is 4.00. The van der Waals surface area contributed by atoms with Gasteiger partial charge in [-0.15, -0.1) is 0 Å². The highest BCUT2D eigenvalue weighted by atomic mass is 15.0. The van der Waals surface area contributed by atoms with Gasteiger partial charge in [-0.3, -0.25) is 0 Å². The molecular formula is C48H31N3. The lowest BCUT2D eigenvalue weighted by molar-refractivity contribution is 1.16. The zero-order chi connectivity index (χ0) is 57.0.